The Bertz CT molecular complexity index is 569. The summed E-state index contributed by atoms with van der Waals surface area (Å²) in [5.74, 6) is 2.33. The number of carbonyl (C=O) groups is 2. The number of nitrogens with one attached hydrogen (secondary N) is 1. The largest absolute Gasteiger partial charge is 0.458 e. The van der Waals surface area contributed by atoms with E-state index < -0.39 is 0 Å². The van der Waals surface area contributed by atoms with Gasteiger partial charge in [-0.1, -0.05) is 6.92 Å². The van der Waals surface area contributed by atoms with Gasteiger partial charge in [0.2, 0.25) is 5.91 Å². The molecule has 3 fully saturated rings. The Balaban J connectivity index is 1.59. The number of carbonyl (C=O) groups excluding carboxylic acids is 2. The van der Waals surface area contributed by atoms with Crippen molar-refractivity contribution in [2.24, 2.45) is 29.1 Å². The minimum Gasteiger partial charge on any atom is -0.458 e. The molecule has 0 bridgehead atoms. The molecule has 4 aliphatic rings. The van der Waals surface area contributed by atoms with Crippen LogP contribution in [-0.2, 0) is 14.3 Å². The van der Waals surface area contributed by atoms with E-state index in [1.54, 1.807) is 0 Å². The van der Waals surface area contributed by atoms with Crippen LogP contribution in [0, 0.1) is 29.1 Å². The van der Waals surface area contributed by atoms with Gasteiger partial charge in [0.15, 0.2) is 0 Å². The Morgan fingerprint density at radius 3 is 2.83 bits per heavy atom. The standard InChI is InChI=1S/C19H27NO3/c1-11-13-5-7-19(2)10-12(14-6-8-23-18(14)22)9-16(19)15(13)3-4-17(21)20-11/h6,11-13,15-16H,3-5,7-10H2,1-2H3,(H,20,21). The van der Waals surface area contributed by atoms with Gasteiger partial charge in [0.05, 0.1) is 0 Å². The lowest BCUT2D eigenvalue weighted by molar-refractivity contribution is -0.136. The fourth-order valence-electron chi connectivity index (χ4n) is 6.09. The lowest BCUT2D eigenvalue weighted by Gasteiger charge is -2.47. The molecule has 4 rings (SSSR count). The highest BCUT2D eigenvalue weighted by molar-refractivity contribution is 5.91. The Hall–Kier alpha value is -1.32. The molecule has 2 aliphatic carbocycles. The maximum atomic E-state index is 12.0. The van der Waals surface area contributed by atoms with Crippen LogP contribution < -0.4 is 5.32 Å². The molecule has 0 spiro atoms. The van der Waals surface area contributed by atoms with Crippen LogP contribution >= 0.6 is 0 Å². The van der Waals surface area contributed by atoms with Gasteiger partial charge in [0.1, 0.15) is 6.61 Å². The number of hydrogen-bond acceptors (Lipinski definition) is 3. The number of rotatable bonds is 1. The van der Waals surface area contributed by atoms with Gasteiger partial charge in [-0.15, -0.1) is 0 Å². The average molecular weight is 317 g/mol. The lowest BCUT2D eigenvalue weighted by Crippen LogP contribution is -2.45. The monoisotopic (exact) mass is 317 g/mol. The van der Waals surface area contributed by atoms with Crippen LogP contribution in [-0.4, -0.2) is 24.5 Å². The smallest absolute Gasteiger partial charge is 0.334 e. The number of amides is 1. The molecule has 2 heterocycles. The highest BCUT2D eigenvalue weighted by atomic mass is 16.5. The van der Waals surface area contributed by atoms with Crippen LogP contribution in [0.1, 0.15) is 52.4 Å². The van der Waals surface area contributed by atoms with Crippen LogP contribution in [0.3, 0.4) is 0 Å². The molecule has 0 radical (unpaired) electrons. The predicted molar refractivity (Wildman–Crippen MR) is 86.4 cm³/mol. The summed E-state index contributed by atoms with van der Waals surface area (Å²) in [4.78, 5) is 23.9. The summed E-state index contributed by atoms with van der Waals surface area (Å²) in [5.41, 5.74) is 1.25. The summed E-state index contributed by atoms with van der Waals surface area (Å²) < 4.78 is 5.14. The van der Waals surface area contributed by atoms with Gasteiger partial charge in [-0.3, -0.25) is 4.79 Å². The zero-order valence-corrected chi connectivity index (χ0v) is 14.1. The SMILES string of the molecule is CC1NC(=O)CCC2C1CCC1(C)CC(C3=CCOC3=O)CC21. The first-order valence-electron chi connectivity index (χ1n) is 9.14. The maximum Gasteiger partial charge on any atom is 0.334 e. The zero-order valence-electron chi connectivity index (χ0n) is 14.1. The number of esters is 1. The second-order valence-corrected chi connectivity index (χ2v) is 8.42. The first kappa shape index (κ1) is 15.2. The molecule has 6 atom stereocenters. The molecule has 0 aromatic heterocycles. The van der Waals surface area contributed by atoms with Crippen molar-refractivity contribution in [3.8, 4) is 0 Å². The summed E-state index contributed by atoms with van der Waals surface area (Å²) in [5, 5.41) is 3.18. The highest BCUT2D eigenvalue weighted by Gasteiger charge is 2.54. The molecule has 6 unspecified atom stereocenters. The quantitative estimate of drug-likeness (QED) is 0.757. The molecular weight excluding hydrogens is 290 g/mol. The summed E-state index contributed by atoms with van der Waals surface area (Å²) >= 11 is 0. The molecule has 4 nitrogen and oxygen atoms in total. The first-order chi connectivity index (χ1) is 11.0. The van der Waals surface area contributed by atoms with E-state index in [2.05, 4.69) is 19.2 Å². The fraction of sp³-hybridized carbons (Fsp3) is 0.789. The van der Waals surface area contributed by atoms with Crippen molar-refractivity contribution in [3.63, 3.8) is 0 Å². The van der Waals surface area contributed by atoms with Crippen LogP contribution in [0.25, 0.3) is 0 Å². The lowest BCUT2D eigenvalue weighted by atomic mass is 9.58. The average Bonchev–Trinajstić information content (AvgIpc) is 3.03. The summed E-state index contributed by atoms with van der Waals surface area (Å²) in [6, 6.07) is 0.286. The third-order valence-corrected chi connectivity index (χ3v) is 7.19. The molecule has 1 amide bonds. The van der Waals surface area contributed by atoms with Crippen molar-refractivity contribution in [3.05, 3.63) is 11.6 Å². The maximum absolute atomic E-state index is 12.0. The van der Waals surface area contributed by atoms with E-state index in [-0.39, 0.29) is 17.9 Å². The third-order valence-electron chi connectivity index (χ3n) is 7.19. The van der Waals surface area contributed by atoms with E-state index in [4.69, 9.17) is 4.74 Å². The van der Waals surface area contributed by atoms with E-state index in [0.717, 1.165) is 24.8 Å². The van der Waals surface area contributed by atoms with Crippen LogP contribution in [0.2, 0.25) is 0 Å². The summed E-state index contributed by atoms with van der Waals surface area (Å²) in [7, 11) is 0. The third kappa shape index (κ3) is 2.41. The van der Waals surface area contributed by atoms with E-state index >= 15 is 0 Å². The highest BCUT2D eigenvalue weighted by Crippen LogP contribution is 2.61. The minimum atomic E-state index is -0.0973. The molecule has 1 N–H and O–H groups in total. The Labute approximate surface area is 138 Å². The van der Waals surface area contributed by atoms with Crippen LogP contribution in [0.4, 0.5) is 0 Å². The van der Waals surface area contributed by atoms with Crippen LogP contribution in [0.15, 0.2) is 11.6 Å². The van der Waals surface area contributed by atoms with Crippen molar-refractivity contribution >= 4 is 11.9 Å². The molecule has 126 valence electrons. The van der Waals surface area contributed by atoms with Crippen molar-refractivity contribution in [2.45, 2.75) is 58.4 Å². The Morgan fingerprint density at radius 2 is 2.09 bits per heavy atom. The van der Waals surface area contributed by atoms with Crippen molar-refractivity contribution < 1.29 is 14.3 Å². The summed E-state index contributed by atoms with van der Waals surface area (Å²) in [6.07, 6.45) is 8.29. The van der Waals surface area contributed by atoms with Crippen molar-refractivity contribution in [1.29, 1.82) is 0 Å². The van der Waals surface area contributed by atoms with Crippen LogP contribution in [0.5, 0.6) is 0 Å². The Morgan fingerprint density at radius 1 is 1.26 bits per heavy atom. The molecule has 2 aliphatic heterocycles. The van der Waals surface area contributed by atoms with Gasteiger partial charge in [-0.2, -0.15) is 0 Å². The van der Waals surface area contributed by atoms with E-state index in [0.29, 0.717) is 42.1 Å². The van der Waals surface area contributed by atoms with Gasteiger partial charge in [-0.25, -0.2) is 4.79 Å². The number of fused-ring (bicyclic) bond motifs is 3. The van der Waals surface area contributed by atoms with E-state index in [1.807, 2.05) is 6.08 Å². The Kier molecular flexibility index (Phi) is 3.54. The molecule has 1 saturated heterocycles. The number of cyclic esters (lactones) is 1. The van der Waals surface area contributed by atoms with E-state index in [9.17, 15) is 9.59 Å². The summed E-state index contributed by atoms with van der Waals surface area (Å²) in [6.45, 7) is 5.04. The number of ether oxygens (including phenoxy) is 1. The van der Waals surface area contributed by atoms with Crippen molar-refractivity contribution in [2.75, 3.05) is 6.61 Å². The number of hydrogen-bond donors (Lipinski definition) is 1. The minimum absolute atomic E-state index is 0.0973. The first-order valence-corrected chi connectivity index (χ1v) is 9.14. The normalized spacial score (nSPS) is 46.3. The second-order valence-electron chi connectivity index (χ2n) is 8.42. The van der Waals surface area contributed by atoms with Gasteiger partial charge in [0, 0.05) is 18.0 Å². The molecule has 23 heavy (non-hydrogen) atoms. The van der Waals surface area contributed by atoms with Gasteiger partial charge >= 0.3 is 5.97 Å². The molecule has 0 aromatic carbocycles. The molecule has 4 heteroatoms. The second kappa shape index (κ2) is 5.35. The van der Waals surface area contributed by atoms with Gasteiger partial charge in [-0.05, 0) is 74.2 Å². The molecular formula is C19H27NO3. The van der Waals surface area contributed by atoms with Crippen molar-refractivity contribution in [1.82, 2.24) is 5.32 Å². The van der Waals surface area contributed by atoms with E-state index in [1.165, 1.54) is 12.8 Å². The fourth-order valence-corrected chi connectivity index (χ4v) is 6.09. The molecule has 2 saturated carbocycles. The topological polar surface area (TPSA) is 55.4 Å². The van der Waals surface area contributed by atoms with Gasteiger partial charge < -0.3 is 10.1 Å². The van der Waals surface area contributed by atoms with Gasteiger partial charge in [0.25, 0.3) is 0 Å². The zero-order chi connectivity index (χ0) is 16.2. The molecule has 0 aromatic rings. The predicted octanol–water partition coefficient (Wildman–Crippen LogP) is 2.83.